The Labute approximate surface area is 156 Å². The number of aromatic nitrogens is 2. The molecule has 8 nitrogen and oxygen atoms in total. The molecule has 0 unspecified atom stereocenters. The van der Waals surface area contributed by atoms with E-state index in [0.29, 0.717) is 40.5 Å². The van der Waals surface area contributed by atoms with Crippen LogP contribution in [0.4, 0.5) is 0 Å². The van der Waals surface area contributed by atoms with E-state index in [9.17, 15) is 4.79 Å². The van der Waals surface area contributed by atoms with Crippen LogP contribution in [-0.2, 0) is 4.79 Å². The van der Waals surface area contributed by atoms with Crippen molar-refractivity contribution in [3.8, 4) is 28.7 Å². The van der Waals surface area contributed by atoms with Gasteiger partial charge in [0.1, 0.15) is 0 Å². The van der Waals surface area contributed by atoms with Crippen LogP contribution < -0.4 is 19.5 Å². The Morgan fingerprint density at radius 1 is 1.15 bits per heavy atom. The van der Waals surface area contributed by atoms with Crippen LogP contribution in [0.3, 0.4) is 0 Å². The number of hydrogen-bond acceptors (Lipinski definition) is 8. The van der Waals surface area contributed by atoms with Crippen LogP contribution >= 0.6 is 11.8 Å². The minimum atomic E-state index is -0.0593. The minimum absolute atomic E-state index is 0.0593. The maximum Gasteiger partial charge on any atom is 0.277 e. The third-order valence-electron chi connectivity index (χ3n) is 3.50. The molecule has 0 fully saturated rings. The van der Waals surface area contributed by atoms with Gasteiger partial charge >= 0.3 is 0 Å². The molecule has 0 aliphatic heterocycles. The van der Waals surface area contributed by atoms with E-state index < -0.39 is 0 Å². The first-order chi connectivity index (χ1) is 12.6. The van der Waals surface area contributed by atoms with E-state index in [1.165, 1.54) is 33.1 Å². The first-order valence-electron chi connectivity index (χ1n) is 8.16. The molecule has 142 valence electrons. The fourth-order valence-corrected chi connectivity index (χ4v) is 2.77. The molecule has 26 heavy (non-hydrogen) atoms. The number of rotatable bonds is 10. The first-order valence-corrected chi connectivity index (χ1v) is 9.14. The molecule has 9 heteroatoms. The Kier molecular flexibility index (Phi) is 7.58. The van der Waals surface area contributed by atoms with E-state index in [0.717, 1.165) is 12.8 Å². The van der Waals surface area contributed by atoms with Crippen molar-refractivity contribution in [2.75, 3.05) is 33.6 Å². The highest BCUT2D eigenvalue weighted by molar-refractivity contribution is 7.99. The van der Waals surface area contributed by atoms with Crippen LogP contribution in [0.15, 0.2) is 21.8 Å². The van der Waals surface area contributed by atoms with Crippen LogP contribution in [-0.4, -0.2) is 49.7 Å². The van der Waals surface area contributed by atoms with E-state index in [-0.39, 0.29) is 11.7 Å². The lowest BCUT2D eigenvalue weighted by atomic mass is 10.2. The summed E-state index contributed by atoms with van der Waals surface area (Å²) in [6, 6.07) is 3.45. The van der Waals surface area contributed by atoms with Gasteiger partial charge in [-0.05, 0) is 18.6 Å². The van der Waals surface area contributed by atoms with Gasteiger partial charge in [0.2, 0.25) is 17.5 Å². The van der Waals surface area contributed by atoms with Crippen molar-refractivity contribution >= 4 is 17.7 Å². The molecule has 1 N–H and O–H groups in total. The van der Waals surface area contributed by atoms with Crippen molar-refractivity contribution in [3.63, 3.8) is 0 Å². The van der Waals surface area contributed by atoms with Crippen LogP contribution in [0.2, 0.25) is 0 Å². The Morgan fingerprint density at radius 2 is 1.85 bits per heavy atom. The third kappa shape index (κ3) is 5.04. The van der Waals surface area contributed by atoms with Gasteiger partial charge in [-0.1, -0.05) is 25.1 Å². The van der Waals surface area contributed by atoms with E-state index >= 15 is 0 Å². The highest BCUT2D eigenvalue weighted by Crippen LogP contribution is 2.41. The number of carbonyl (C=O) groups excluding carboxylic acids is 1. The predicted octanol–water partition coefficient (Wildman–Crippen LogP) is 2.77. The van der Waals surface area contributed by atoms with Crippen LogP contribution in [0.5, 0.6) is 17.2 Å². The lowest BCUT2D eigenvalue weighted by Crippen LogP contribution is -2.25. The monoisotopic (exact) mass is 381 g/mol. The van der Waals surface area contributed by atoms with E-state index in [1.807, 2.05) is 0 Å². The van der Waals surface area contributed by atoms with Gasteiger partial charge in [-0.2, -0.15) is 0 Å². The maximum atomic E-state index is 11.7. The number of methoxy groups -OCH3 is 3. The summed E-state index contributed by atoms with van der Waals surface area (Å²) < 4.78 is 21.6. The quantitative estimate of drug-likeness (QED) is 0.496. The molecule has 0 atom stereocenters. The number of nitrogens with zero attached hydrogens (tertiary/aromatic N) is 2. The van der Waals surface area contributed by atoms with Gasteiger partial charge in [0.15, 0.2) is 11.5 Å². The lowest BCUT2D eigenvalue weighted by Gasteiger charge is -2.12. The molecular weight excluding hydrogens is 358 g/mol. The zero-order chi connectivity index (χ0) is 18.9. The third-order valence-corrected chi connectivity index (χ3v) is 4.32. The molecule has 0 aliphatic carbocycles. The highest BCUT2D eigenvalue weighted by atomic mass is 32.2. The van der Waals surface area contributed by atoms with Crippen LogP contribution in [0.1, 0.15) is 19.8 Å². The Morgan fingerprint density at radius 3 is 2.42 bits per heavy atom. The van der Waals surface area contributed by atoms with Gasteiger partial charge in [0.05, 0.1) is 27.1 Å². The predicted molar refractivity (Wildman–Crippen MR) is 98.0 cm³/mol. The molecule has 1 amide bonds. The fourth-order valence-electron chi connectivity index (χ4n) is 2.17. The number of benzene rings is 1. The maximum absolute atomic E-state index is 11.7. The number of unbranched alkanes of at least 4 members (excludes halogenated alkanes) is 1. The van der Waals surface area contributed by atoms with Crippen molar-refractivity contribution in [2.45, 2.75) is 25.0 Å². The Bertz CT molecular complexity index is 710. The summed E-state index contributed by atoms with van der Waals surface area (Å²) in [7, 11) is 4.60. The summed E-state index contributed by atoms with van der Waals surface area (Å²) in [5, 5.41) is 11.2. The number of hydrogen-bond donors (Lipinski definition) is 1. The number of carbonyl (C=O) groups is 1. The van der Waals surface area contributed by atoms with E-state index in [2.05, 4.69) is 22.4 Å². The molecule has 0 spiro atoms. The number of thioether (sulfide) groups is 1. The molecule has 2 rings (SSSR count). The fraction of sp³-hybridized carbons (Fsp3) is 0.471. The van der Waals surface area contributed by atoms with Crippen LogP contribution in [0.25, 0.3) is 11.5 Å². The SMILES string of the molecule is CCCCNC(=O)CSc1nnc(-c2cc(OC)c(OC)c(OC)c2)o1. The largest absolute Gasteiger partial charge is 0.493 e. The van der Waals surface area contributed by atoms with Crippen molar-refractivity contribution in [1.29, 1.82) is 0 Å². The van der Waals surface area contributed by atoms with Crippen molar-refractivity contribution in [2.24, 2.45) is 0 Å². The average Bonchev–Trinajstić information content (AvgIpc) is 3.14. The molecule has 0 radical (unpaired) electrons. The molecule has 0 bridgehead atoms. The summed E-state index contributed by atoms with van der Waals surface area (Å²) in [5.41, 5.74) is 0.631. The molecule has 0 saturated carbocycles. The normalized spacial score (nSPS) is 10.5. The summed E-state index contributed by atoms with van der Waals surface area (Å²) in [6.45, 7) is 2.75. The minimum Gasteiger partial charge on any atom is -0.493 e. The molecule has 1 aromatic heterocycles. The standard InChI is InChI=1S/C17H23N3O5S/c1-5-6-7-18-14(21)10-26-17-20-19-16(25-17)11-8-12(22-2)15(24-4)13(9-11)23-3/h8-9H,5-7,10H2,1-4H3,(H,18,21). The summed E-state index contributed by atoms with van der Waals surface area (Å²) >= 11 is 1.19. The van der Waals surface area contributed by atoms with Gasteiger partial charge < -0.3 is 23.9 Å². The molecular formula is C17H23N3O5S. The van der Waals surface area contributed by atoms with Gasteiger partial charge in [0.25, 0.3) is 5.22 Å². The molecule has 2 aromatic rings. The highest BCUT2D eigenvalue weighted by Gasteiger charge is 2.18. The smallest absolute Gasteiger partial charge is 0.277 e. The second-order valence-electron chi connectivity index (χ2n) is 5.28. The Hall–Kier alpha value is -2.42. The topological polar surface area (TPSA) is 95.7 Å². The summed E-state index contributed by atoms with van der Waals surface area (Å²) in [5.74, 6) is 1.93. The van der Waals surface area contributed by atoms with Gasteiger partial charge in [-0.25, -0.2) is 0 Å². The van der Waals surface area contributed by atoms with Gasteiger partial charge in [-0.15, -0.1) is 10.2 Å². The summed E-state index contributed by atoms with van der Waals surface area (Å²) in [4.78, 5) is 11.7. The zero-order valence-electron chi connectivity index (χ0n) is 15.3. The van der Waals surface area contributed by atoms with Crippen molar-refractivity contribution < 1.29 is 23.4 Å². The average molecular weight is 381 g/mol. The number of ether oxygens (including phenoxy) is 3. The Balaban J connectivity index is 2.08. The van der Waals surface area contributed by atoms with Gasteiger partial charge in [-0.3, -0.25) is 4.79 Å². The zero-order valence-corrected chi connectivity index (χ0v) is 16.1. The van der Waals surface area contributed by atoms with Crippen molar-refractivity contribution in [3.05, 3.63) is 12.1 Å². The first kappa shape index (κ1) is 19.9. The van der Waals surface area contributed by atoms with Gasteiger partial charge in [0, 0.05) is 12.1 Å². The lowest BCUT2D eigenvalue weighted by molar-refractivity contribution is -0.118. The van der Waals surface area contributed by atoms with Crippen LogP contribution in [0, 0.1) is 0 Å². The van der Waals surface area contributed by atoms with Crippen molar-refractivity contribution in [1.82, 2.24) is 15.5 Å². The second kappa shape index (κ2) is 9.91. The molecule has 0 aliphatic rings. The molecule has 1 aromatic carbocycles. The van der Waals surface area contributed by atoms with E-state index in [1.54, 1.807) is 12.1 Å². The molecule has 1 heterocycles. The second-order valence-corrected chi connectivity index (χ2v) is 6.21. The number of nitrogens with one attached hydrogen (secondary N) is 1. The number of amides is 1. The summed E-state index contributed by atoms with van der Waals surface area (Å²) in [6.07, 6.45) is 2.00. The molecule has 0 saturated heterocycles. The van der Waals surface area contributed by atoms with E-state index in [4.69, 9.17) is 18.6 Å².